The monoisotopic (exact) mass is 189 g/mol. The molecular weight excluding hydrogens is 181 g/mol. The molecule has 0 spiro atoms. The topological polar surface area (TPSA) is 16.7 Å². The van der Waals surface area contributed by atoms with Crippen LogP contribution in [-0.2, 0) is 0 Å². The van der Waals surface area contributed by atoms with Gasteiger partial charge in [0, 0.05) is 13.1 Å². The fraction of sp³-hybridized carbons (Fsp3) is 0.500. The summed E-state index contributed by atoms with van der Waals surface area (Å²) in [4.78, 5) is 6.82. The van der Waals surface area contributed by atoms with Gasteiger partial charge in [0.2, 0.25) is 0 Å². The molecule has 5 heteroatoms. The van der Waals surface area contributed by atoms with E-state index in [0.29, 0.717) is 5.57 Å². The van der Waals surface area contributed by atoms with Gasteiger partial charge in [-0.15, -0.1) is 0 Å². The third kappa shape index (κ3) is 1.89. The number of rotatable bonds is 0. The Morgan fingerprint density at radius 2 is 2.15 bits per heavy atom. The second kappa shape index (κ2) is 2.87. The molecule has 1 heterocycles. The third-order valence-electron chi connectivity index (χ3n) is 1.63. The van der Waals surface area contributed by atoms with Crippen LogP contribution >= 0.6 is 0 Å². The minimum absolute atomic E-state index is 0.476. The van der Waals surface area contributed by atoms with Gasteiger partial charge in [-0.05, 0) is 6.92 Å². The summed E-state index contributed by atoms with van der Waals surface area (Å²) in [5.41, 5.74) is -1.77. The molecule has 2 nitrogen and oxygen atoms in total. The van der Waals surface area contributed by atoms with E-state index in [1.54, 1.807) is 6.92 Å². The lowest BCUT2D eigenvalue weighted by atomic mass is 10.1. The van der Waals surface area contributed by atoms with E-state index < -0.39 is 11.7 Å². The molecule has 0 fully saturated rings. The van der Waals surface area contributed by atoms with Crippen molar-refractivity contribution in [1.29, 1.82) is 0 Å². The predicted octanol–water partition coefficient (Wildman–Crippen LogP) is 2.63. The summed E-state index contributed by atoms with van der Waals surface area (Å²) >= 11 is 0. The van der Waals surface area contributed by atoms with E-state index in [2.05, 4.69) is 15.9 Å². The quantitative estimate of drug-likeness (QED) is 0.557. The molecule has 70 valence electrons. The fourth-order valence-corrected chi connectivity index (χ4v) is 0.693. The van der Waals surface area contributed by atoms with Crippen molar-refractivity contribution in [3.8, 4) is 6.07 Å². The Balaban J connectivity index is 3.10. The Hall–Kier alpha value is -1.31. The molecule has 13 heavy (non-hydrogen) atoms. The normalized spacial score (nSPS) is 27.3. The highest BCUT2D eigenvalue weighted by Gasteiger charge is 2.61. The molecule has 0 aliphatic carbocycles. The van der Waals surface area contributed by atoms with E-state index in [0.717, 1.165) is 13.1 Å². The van der Waals surface area contributed by atoms with Crippen LogP contribution in [0.25, 0.3) is 4.85 Å². The summed E-state index contributed by atoms with van der Waals surface area (Å²) in [7, 11) is 0. The number of hydrogen-bond acceptors (Lipinski definition) is 1. The van der Waals surface area contributed by atoms with Crippen molar-refractivity contribution in [3.05, 3.63) is 16.6 Å². The second-order valence-corrected chi connectivity index (χ2v) is 2.96. The zero-order valence-corrected chi connectivity index (χ0v) is 7.18. The van der Waals surface area contributed by atoms with Crippen LogP contribution in [-0.4, -0.2) is 17.9 Å². The number of hydrogen-bond donors (Lipinski definition) is 0. The molecule has 0 bridgehead atoms. The van der Waals surface area contributed by atoms with Gasteiger partial charge in [0.1, 0.15) is 6.21 Å². The average molecular weight is 189 g/mol. The molecule has 0 aromatic rings. The first-order valence-corrected chi connectivity index (χ1v) is 3.61. The van der Waals surface area contributed by atoms with Crippen LogP contribution in [0, 0.1) is 6.07 Å². The largest absolute Gasteiger partial charge is 0.479 e. The molecule has 1 unspecified atom stereocenters. The molecule has 0 aromatic carbocycles. The van der Waals surface area contributed by atoms with Crippen LogP contribution in [0.3, 0.4) is 0 Å². The lowest BCUT2D eigenvalue weighted by Crippen LogP contribution is -2.40. The highest BCUT2D eigenvalue weighted by Crippen LogP contribution is 2.33. The Bertz CT molecular complexity index is 330. The van der Waals surface area contributed by atoms with Crippen LogP contribution in [0.4, 0.5) is 13.2 Å². The fourth-order valence-electron chi connectivity index (χ4n) is 0.693. The van der Waals surface area contributed by atoms with Crippen molar-refractivity contribution >= 4 is 6.21 Å². The van der Waals surface area contributed by atoms with Crippen molar-refractivity contribution in [1.82, 2.24) is 0 Å². The van der Waals surface area contributed by atoms with Gasteiger partial charge in [0.05, 0.1) is 5.57 Å². The van der Waals surface area contributed by atoms with E-state index in [1.807, 2.05) is 0 Å². The van der Waals surface area contributed by atoms with E-state index in [4.69, 9.17) is 0 Å². The highest BCUT2D eigenvalue weighted by molar-refractivity contribution is 5.75. The SMILES string of the molecule is CC1=CN=CC(C)(C(F)(F)F)[N+]#C1. The van der Waals surface area contributed by atoms with Crippen molar-refractivity contribution in [3.63, 3.8) is 0 Å². The summed E-state index contributed by atoms with van der Waals surface area (Å²) < 4.78 is 37.2. The van der Waals surface area contributed by atoms with Crippen LogP contribution in [0.2, 0.25) is 0 Å². The van der Waals surface area contributed by atoms with Crippen LogP contribution < -0.4 is 0 Å². The Kier molecular flexibility index (Phi) is 2.16. The van der Waals surface area contributed by atoms with Gasteiger partial charge < -0.3 is 0 Å². The number of allylic oxidation sites excluding steroid dienone is 1. The van der Waals surface area contributed by atoms with Gasteiger partial charge in [0.25, 0.3) is 0 Å². The van der Waals surface area contributed by atoms with E-state index in [1.165, 1.54) is 6.20 Å². The zero-order valence-electron chi connectivity index (χ0n) is 7.18. The van der Waals surface area contributed by atoms with Gasteiger partial charge >= 0.3 is 17.8 Å². The van der Waals surface area contributed by atoms with Crippen LogP contribution in [0.5, 0.6) is 0 Å². The van der Waals surface area contributed by atoms with Crippen molar-refractivity contribution in [2.45, 2.75) is 25.6 Å². The zero-order chi connectivity index (χ0) is 10.1. The molecule has 0 saturated heterocycles. The maximum Gasteiger partial charge on any atom is 0.479 e. The molecule has 0 N–H and O–H groups in total. The van der Waals surface area contributed by atoms with Crippen molar-refractivity contribution in [2.24, 2.45) is 4.99 Å². The molecule has 0 aromatic heterocycles. The summed E-state index contributed by atoms with van der Waals surface area (Å²) in [5.74, 6) is 0. The predicted molar refractivity (Wildman–Crippen MR) is 44.0 cm³/mol. The van der Waals surface area contributed by atoms with Gasteiger partial charge in [-0.1, -0.05) is 4.85 Å². The number of alkyl halides is 3. The first-order chi connectivity index (χ1) is 5.85. The molecule has 1 atom stereocenters. The average Bonchev–Trinajstić information content (AvgIpc) is 2.13. The van der Waals surface area contributed by atoms with Gasteiger partial charge in [-0.3, -0.25) is 4.99 Å². The highest BCUT2D eigenvalue weighted by atomic mass is 19.4. The first-order valence-electron chi connectivity index (χ1n) is 3.61. The van der Waals surface area contributed by atoms with Crippen LogP contribution in [0.15, 0.2) is 16.8 Å². The molecule has 0 amide bonds. The minimum Gasteiger partial charge on any atom is -0.259 e. The molecule has 0 radical (unpaired) electrons. The summed E-state index contributed by atoms with van der Waals surface area (Å²) in [6, 6.07) is 2.28. The maximum absolute atomic E-state index is 12.4. The maximum atomic E-state index is 12.4. The first kappa shape index (κ1) is 9.78. The Morgan fingerprint density at radius 1 is 1.54 bits per heavy atom. The molecule has 0 saturated carbocycles. The Labute approximate surface area is 73.6 Å². The van der Waals surface area contributed by atoms with Crippen LogP contribution in [0.1, 0.15) is 13.8 Å². The Morgan fingerprint density at radius 3 is 2.69 bits per heavy atom. The van der Waals surface area contributed by atoms with E-state index in [9.17, 15) is 13.2 Å². The van der Waals surface area contributed by atoms with E-state index >= 15 is 0 Å². The minimum atomic E-state index is -4.43. The summed E-state index contributed by atoms with van der Waals surface area (Å²) in [6.07, 6.45) is -2.36. The number of nitrogens with zero attached hydrogens (tertiary/aromatic N) is 2. The molecule has 1 aliphatic heterocycles. The standard InChI is InChI=1S/C8H8F3N2/c1-6-3-12-5-7(2,13-4-6)8(9,10)11/h3,5H,1-2H3/q+1. The second-order valence-electron chi connectivity index (χ2n) is 2.96. The van der Waals surface area contributed by atoms with Crippen molar-refractivity contribution < 1.29 is 13.2 Å². The molecular formula is C8H8F3N2+. The number of aliphatic imine (C=N–C) groups is 1. The van der Waals surface area contributed by atoms with Gasteiger partial charge in [-0.25, -0.2) is 0 Å². The molecule has 1 rings (SSSR count). The lowest BCUT2D eigenvalue weighted by Gasteiger charge is -2.10. The molecule has 1 aliphatic rings. The summed E-state index contributed by atoms with van der Waals surface area (Å²) in [6.45, 7) is 2.54. The smallest absolute Gasteiger partial charge is 0.259 e. The summed E-state index contributed by atoms with van der Waals surface area (Å²) in [5, 5.41) is 0. The lowest BCUT2D eigenvalue weighted by molar-refractivity contribution is -0.149. The van der Waals surface area contributed by atoms with Crippen molar-refractivity contribution in [2.75, 3.05) is 0 Å². The third-order valence-corrected chi connectivity index (χ3v) is 1.63. The van der Waals surface area contributed by atoms with E-state index in [-0.39, 0.29) is 0 Å². The van der Waals surface area contributed by atoms with Gasteiger partial charge in [-0.2, -0.15) is 13.2 Å². The van der Waals surface area contributed by atoms with Gasteiger partial charge in [0.15, 0.2) is 0 Å². The number of halogens is 3.